The molecule has 0 saturated carbocycles. The zero-order chi connectivity index (χ0) is 11.3. The molecule has 0 fully saturated rings. The summed E-state index contributed by atoms with van der Waals surface area (Å²) in [7, 11) is 1.67. The number of hydrogen-bond donors (Lipinski definition) is 1. The Morgan fingerprint density at radius 1 is 1.53 bits per heavy atom. The number of rotatable bonds is 4. The van der Waals surface area contributed by atoms with Crippen molar-refractivity contribution in [3.63, 3.8) is 0 Å². The molecular formula is C12H16N2O. The third kappa shape index (κ3) is 2.88. The van der Waals surface area contributed by atoms with Crippen LogP contribution < -0.4 is 10.1 Å². The summed E-state index contributed by atoms with van der Waals surface area (Å²) in [4.78, 5) is 0. The van der Waals surface area contributed by atoms with E-state index in [1.165, 1.54) is 0 Å². The van der Waals surface area contributed by atoms with E-state index in [4.69, 9.17) is 10.00 Å². The number of ether oxygens (including phenoxy) is 1. The van der Waals surface area contributed by atoms with Crippen LogP contribution in [0.25, 0.3) is 0 Å². The number of anilines is 1. The van der Waals surface area contributed by atoms with Gasteiger partial charge in [-0.1, -0.05) is 6.92 Å². The van der Waals surface area contributed by atoms with Crippen molar-refractivity contribution in [3.05, 3.63) is 23.8 Å². The van der Waals surface area contributed by atoms with Gasteiger partial charge in [-0.2, -0.15) is 5.26 Å². The van der Waals surface area contributed by atoms with Gasteiger partial charge in [0, 0.05) is 5.69 Å². The van der Waals surface area contributed by atoms with E-state index >= 15 is 0 Å². The first-order valence-electron chi connectivity index (χ1n) is 5.04. The van der Waals surface area contributed by atoms with E-state index in [1.54, 1.807) is 7.11 Å². The highest BCUT2D eigenvalue weighted by Crippen LogP contribution is 2.23. The first-order chi connectivity index (χ1) is 7.21. The normalized spacial score (nSPS) is 11.6. The van der Waals surface area contributed by atoms with E-state index in [9.17, 15) is 0 Å². The van der Waals surface area contributed by atoms with Crippen LogP contribution in [-0.2, 0) is 6.42 Å². The molecule has 0 aromatic heterocycles. The fraction of sp³-hybridized carbons (Fsp3) is 0.417. The van der Waals surface area contributed by atoms with Crippen LogP contribution in [0.4, 0.5) is 5.69 Å². The molecule has 0 radical (unpaired) electrons. The van der Waals surface area contributed by atoms with Crippen LogP contribution in [-0.4, -0.2) is 13.2 Å². The second-order valence-electron chi connectivity index (χ2n) is 3.38. The molecule has 0 aliphatic rings. The SMILES string of the molecule is CCc1cc(NC(C)C#N)ccc1OC. The van der Waals surface area contributed by atoms with Gasteiger partial charge < -0.3 is 10.1 Å². The molecule has 15 heavy (non-hydrogen) atoms. The molecule has 1 rings (SSSR count). The minimum Gasteiger partial charge on any atom is -0.496 e. The average Bonchev–Trinajstić information content (AvgIpc) is 2.28. The van der Waals surface area contributed by atoms with Crippen LogP contribution in [0.2, 0.25) is 0 Å². The monoisotopic (exact) mass is 204 g/mol. The first-order valence-corrected chi connectivity index (χ1v) is 5.04. The Labute approximate surface area is 90.7 Å². The predicted octanol–water partition coefficient (Wildman–Crippen LogP) is 2.58. The topological polar surface area (TPSA) is 45.0 Å². The Morgan fingerprint density at radius 2 is 2.27 bits per heavy atom. The summed E-state index contributed by atoms with van der Waals surface area (Å²) >= 11 is 0. The second-order valence-corrected chi connectivity index (χ2v) is 3.38. The minimum atomic E-state index is -0.178. The molecule has 0 heterocycles. The fourth-order valence-corrected chi connectivity index (χ4v) is 1.43. The van der Waals surface area contributed by atoms with Crippen molar-refractivity contribution in [1.29, 1.82) is 5.26 Å². The molecule has 0 spiro atoms. The van der Waals surface area contributed by atoms with Crippen LogP contribution >= 0.6 is 0 Å². The molecule has 3 heteroatoms. The molecule has 1 unspecified atom stereocenters. The summed E-state index contributed by atoms with van der Waals surface area (Å²) in [5.41, 5.74) is 2.11. The Morgan fingerprint density at radius 3 is 2.80 bits per heavy atom. The largest absolute Gasteiger partial charge is 0.496 e. The maximum atomic E-state index is 8.69. The van der Waals surface area contributed by atoms with Crippen LogP contribution in [0.3, 0.4) is 0 Å². The Hall–Kier alpha value is -1.69. The van der Waals surface area contributed by atoms with Crippen LogP contribution in [0.5, 0.6) is 5.75 Å². The fourth-order valence-electron chi connectivity index (χ4n) is 1.43. The van der Waals surface area contributed by atoms with Gasteiger partial charge in [-0.25, -0.2) is 0 Å². The van der Waals surface area contributed by atoms with Crippen LogP contribution in [0.1, 0.15) is 19.4 Å². The van der Waals surface area contributed by atoms with Crippen molar-refractivity contribution >= 4 is 5.69 Å². The van der Waals surface area contributed by atoms with E-state index < -0.39 is 0 Å². The zero-order valence-corrected chi connectivity index (χ0v) is 9.37. The highest BCUT2D eigenvalue weighted by molar-refractivity contribution is 5.52. The minimum absolute atomic E-state index is 0.178. The van der Waals surface area contributed by atoms with Crippen molar-refractivity contribution in [2.45, 2.75) is 26.3 Å². The summed E-state index contributed by atoms with van der Waals surface area (Å²) in [6, 6.07) is 7.82. The lowest BCUT2D eigenvalue weighted by molar-refractivity contribution is 0.410. The molecular weight excluding hydrogens is 188 g/mol. The summed E-state index contributed by atoms with van der Waals surface area (Å²) in [6.07, 6.45) is 0.916. The summed E-state index contributed by atoms with van der Waals surface area (Å²) < 4.78 is 5.23. The van der Waals surface area contributed by atoms with E-state index in [1.807, 2.05) is 25.1 Å². The molecule has 0 bridgehead atoms. The quantitative estimate of drug-likeness (QED) is 0.819. The number of methoxy groups -OCH3 is 1. The number of hydrogen-bond acceptors (Lipinski definition) is 3. The molecule has 80 valence electrons. The third-order valence-electron chi connectivity index (χ3n) is 2.24. The Balaban J connectivity index is 2.89. The van der Waals surface area contributed by atoms with Crippen molar-refractivity contribution in [2.24, 2.45) is 0 Å². The van der Waals surface area contributed by atoms with Gasteiger partial charge in [0.05, 0.1) is 13.2 Å². The van der Waals surface area contributed by atoms with Gasteiger partial charge >= 0.3 is 0 Å². The van der Waals surface area contributed by atoms with Crippen LogP contribution in [0.15, 0.2) is 18.2 Å². The van der Waals surface area contributed by atoms with Crippen LogP contribution in [0, 0.1) is 11.3 Å². The number of nitrogens with zero attached hydrogens (tertiary/aromatic N) is 1. The van der Waals surface area contributed by atoms with Crippen molar-refractivity contribution in [1.82, 2.24) is 0 Å². The zero-order valence-electron chi connectivity index (χ0n) is 9.37. The van der Waals surface area contributed by atoms with Crippen molar-refractivity contribution in [2.75, 3.05) is 12.4 Å². The molecule has 1 aromatic carbocycles. The Kier molecular flexibility index (Phi) is 3.99. The van der Waals surface area contributed by atoms with Gasteiger partial charge in [0.2, 0.25) is 0 Å². The van der Waals surface area contributed by atoms with E-state index in [2.05, 4.69) is 18.3 Å². The smallest absolute Gasteiger partial charge is 0.122 e. The highest BCUT2D eigenvalue weighted by Gasteiger charge is 2.04. The van der Waals surface area contributed by atoms with Gasteiger partial charge in [-0.3, -0.25) is 0 Å². The number of benzene rings is 1. The van der Waals surface area contributed by atoms with E-state index in [0.717, 1.165) is 23.4 Å². The lowest BCUT2D eigenvalue weighted by atomic mass is 10.1. The van der Waals surface area contributed by atoms with Gasteiger partial charge in [0.25, 0.3) is 0 Å². The highest BCUT2D eigenvalue weighted by atomic mass is 16.5. The Bertz CT molecular complexity index is 368. The first kappa shape index (κ1) is 11.4. The molecule has 0 aliphatic carbocycles. The number of aryl methyl sites for hydroxylation is 1. The molecule has 0 saturated heterocycles. The molecule has 0 amide bonds. The molecule has 3 nitrogen and oxygen atoms in total. The van der Waals surface area contributed by atoms with Crippen molar-refractivity contribution < 1.29 is 4.74 Å². The molecule has 1 N–H and O–H groups in total. The summed E-state index contributed by atoms with van der Waals surface area (Å²) in [5.74, 6) is 0.896. The molecule has 1 aromatic rings. The second kappa shape index (κ2) is 5.26. The molecule has 1 atom stereocenters. The van der Waals surface area contributed by atoms with Gasteiger partial charge in [-0.15, -0.1) is 0 Å². The lowest BCUT2D eigenvalue weighted by Gasteiger charge is -2.12. The maximum Gasteiger partial charge on any atom is 0.122 e. The number of nitriles is 1. The number of nitrogens with one attached hydrogen (secondary N) is 1. The lowest BCUT2D eigenvalue weighted by Crippen LogP contribution is -2.12. The maximum absolute atomic E-state index is 8.69. The average molecular weight is 204 g/mol. The summed E-state index contributed by atoms with van der Waals surface area (Å²) in [6.45, 7) is 3.91. The third-order valence-corrected chi connectivity index (χ3v) is 2.24. The predicted molar refractivity (Wildman–Crippen MR) is 61.1 cm³/mol. The van der Waals surface area contributed by atoms with Gasteiger partial charge in [-0.05, 0) is 37.1 Å². The van der Waals surface area contributed by atoms with Gasteiger partial charge in [0.1, 0.15) is 11.8 Å². The molecule has 0 aliphatic heterocycles. The standard InChI is InChI=1S/C12H16N2O/c1-4-10-7-11(14-9(2)8-13)5-6-12(10)15-3/h5-7,9,14H,4H2,1-3H3. The summed E-state index contributed by atoms with van der Waals surface area (Å²) in [5, 5.41) is 11.8. The van der Waals surface area contributed by atoms with Crippen molar-refractivity contribution in [3.8, 4) is 11.8 Å². The van der Waals surface area contributed by atoms with E-state index in [0.29, 0.717) is 0 Å². The van der Waals surface area contributed by atoms with Gasteiger partial charge in [0.15, 0.2) is 0 Å². The van der Waals surface area contributed by atoms with E-state index in [-0.39, 0.29) is 6.04 Å².